The van der Waals surface area contributed by atoms with E-state index < -0.39 is 0 Å². The first-order chi connectivity index (χ1) is 11.2. The summed E-state index contributed by atoms with van der Waals surface area (Å²) in [6, 6.07) is 17.2. The van der Waals surface area contributed by atoms with Crippen LogP contribution in [0.4, 0.5) is 0 Å². The standard InChI is InChI=1S/C19H18N2O2/c1-21(18-11-8-15-4-2-3-5-17(15)18)19(22)13-23-16-9-6-14(12-20)7-10-16/h2-7,9-10,18H,8,11,13H2,1H3. The van der Waals surface area contributed by atoms with Gasteiger partial charge in [0.2, 0.25) is 0 Å². The maximum atomic E-state index is 12.4. The maximum Gasteiger partial charge on any atom is 0.260 e. The molecular formula is C19H18N2O2. The number of carbonyl (C=O) groups is 1. The summed E-state index contributed by atoms with van der Waals surface area (Å²) in [5.41, 5.74) is 3.13. The third-order valence-corrected chi connectivity index (χ3v) is 4.31. The molecule has 3 rings (SSSR count). The Hall–Kier alpha value is -2.80. The molecule has 0 heterocycles. The van der Waals surface area contributed by atoms with Crippen LogP contribution in [0.2, 0.25) is 0 Å². The van der Waals surface area contributed by atoms with E-state index in [9.17, 15) is 4.79 Å². The summed E-state index contributed by atoms with van der Waals surface area (Å²) < 4.78 is 5.54. The monoisotopic (exact) mass is 306 g/mol. The highest BCUT2D eigenvalue weighted by molar-refractivity contribution is 5.78. The number of benzene rings is 2. The first kappa shape index (κ1) is 15.1. The zero-order valence-corrected chi connectivity index (χ0v) is 13.0. The summed E-state index contributed by atoms with van der Waals surface area (Å²) in [5, 5.41) is 8.77. The Balaban J connectivity index is 1.61. The molecule has 2 aromatic rings. The molecule has 0 aliphatic heterocycles. The number of hydrogen-bond acceptors (Lipinski definition) is 3. The number of ether oxygens (including phenoxy) is 1. The number of rotatable bonds is 4. The van der Waals surface area contributed by atoms with E-state index >= 15 is 0 Å². The Labute approximate surface area is 135 Å². The molecular weight excluding hydrogens is 288 g/mol. The largest absolute Gasteiger partial charge is 0.484 e. The van der Waals surface area contributed by atoms with E-state index in [1.165, 1.54) is 11.1 Å². The number of amides is 1. The van der Waals surface area contributed by atoms with E-state index in [1.54, 1.807) is 29.2 Å². The summed E-state index contributed by atoms with van der Waals surface area (Å²) in [6.07, 6.45) is 1.97. The van der Waals surface area contributed by atoms with E-state index in [1.807, 2.05) is 19.2 Å². The molecule has 0 radical (unpaired) electrons. The van der Waals surface area contributed by atoms with Gasteiger partial charge in [-0.15, -0.1) is 0 Å². The van der Waals surface area contributed by atoms with Crippen molar-refractivity contribution >= 4 is 5.91 Å². The van der Waals surface area contributed by atoms with Gasteiger partial charge in [0.15, 0.2) is 6.61 Å². The molecule has 0 bridgehead atoms. The molecule has 4 heteroatoms. The topological polar surface area (TPSA) is 53.3 Å². The molecule has 116 valence electrons. The fourth-order valence-corrected chi connectivity index (χ4v) is 2.98. The number of nitrogens with zero attached hydrogens (tertiary/aromatic N) is 2. The van der Waals surface area contributed by atoms with Gasteiger partial charge in [0.25, 0.3) is 5.91 Å². The summed E-state index contributed by atoms with van der Waals surface area (Å²) in [4.78, 5) is 14.2. The molecule has 0 spiro atoms. The van der Waals surface area contributed by atoms with Crippen LogP contribution >= 0.6 is 0 Å². The molecule has 1 amide bonds. The van der Waals surface area contributed by atoms with E-state index in [-0.39, 0.29) is 18.6 Å². The summed E-state index contributed by atoms with van der Waals surface area (Å²) >= 11 is 0. The lowest BCUT2D eigenvalue weighted by Crippen LogP contribution is -2.34. The van der Waals surface area contributed by atoms with E-state index in [4.69, 9.17) is 10.00 Å². The van der Waals surface area contributed by atoms with Crippen molar-refractivity contribution in [3.05, 3.63) is 65.2 Å². The Morgan fingerprint density at radius 2 is 2.00 bits per heavy atom. The van der Waals surface area contributed by atoms with Crippen molar-refractivity contribution in [2.75, 3.05) is 13.7 Å². The number of nitriles is 1. The van der Waals surface area contributed by atoms with Crippen LogP contribution in [0.3, 0.4) is 0 Å². The molecule has 2 aromatic carbocycles. The van der Waals surface area contributed by atoms with Crippen molar-refractivity contribution in [3.63, 3.8) is 0 Å². The van der Waals surface area contributed by atoms with Crippen molar-refractivity contribution in [2.45, 2.75) is 18.9 Å². The fraction of sp³-hybridized carbons (Fsp3) is 0.263. The van der Waals surface area contributed by atoms with E-state index in [2.05, 4.69) is 18.2 Å². The first-order valence-corrected chi connectivity index (χ1v) is 7.65. The molecule has 0 saturated carbocycles. The Kier molecular flexibility index (Phi) is 4.29. The molecule has 1 aliphatic carbocycles. The van der Waals surface area contributed by atoms with Crippen molar-refractivity contribution in [1.29, 1.82) is 5.26 Å². The van der Waals surface area contributed by atoms with Crippen LogP contribution in [0.5, 0.6) is 5.75 Å². The van der Waals surface area contributed by atoms with Gasteiger partial charge in [0.1, 0.15) is 5.75 Å². The molecule has 0 fully saturated rings. The highest BCUT2D eigenvalue weighted by atomic mass is 16.5. The quantitative estimate of drug-likeness (QED) is 0.872. The fourth-order valence-electron chi connectivity index (χ4n) is 2.98. The van der Waals surface area contributed by atoms with Gasteiger partial charge in [-0.3, -0.25) is 4.79 Å². The predicted molar refractivity (Wildman–Crippen MR) is 86.9 cm³/mol. The first-order valence-electron chi connectivity index (χ1n) is 7.65. The molecule has 0 aromatic heterocycles. The molecule has 0 N–H and O–H groups in total. The molecule has 0 saturated heterocycles. The number of carbonyl (C=O) groups excluding carboxylic acids is 1. The molecule has 1 atom stereocenters. The lowest BCUT2D eigenvalue weighted by Gasteiger charge is -2.25. The highest BCUT2D eigenvalue weighted by Gasteiger charge is 2.28. The lowest BCUT2D eigenvalue weighted by molar-refractivity contribution is -0.134. The van der Waals surface area contributed by atoms with Gasteiger partial charge in [-0.1, -0.05) is 24.3 Å². The minimum Gasteiger partial charge on any atom is -0.484 e. The van der Waals surface area contributed by atoms with Crippen LogP contribution in [0.15, 0.2) is 48.5 Å². The predicted octanol–water partition coefficient (Wildman–Crippen LogP) is 3.08. The second-order valence-electron chi connectivity index (χ2n) is 5.68. The lowest BCUT2D eigenvalue weighted by atomic mass is 10.1. The van der Waals surface area contributed by atoms with Crippen LogP contribution in [0, 0.1) is 11.3 Å². The third-order valence-electron chi connectivity index (χ3n) is 4.31. The van der Waals surface area contributed by atoms with Gasteiger partial charge >= 0.3 is 0 Å². The number of fused-ring (bicyclic) bond motifs is 1. The van der Waals surface area contributed by atoms with E-state index in [0.29, 0.717) is 11.3 Å². The van der Waals surface area contributed by atoms with Crippen molar-refractivity contribution in [2.24, 2.45) is 0 Å². The minimum atomic E-state index is -0.0453. The average molecular weight is 306 g/mol. The zero-order chi connectivity index (χ0) is 16.2. The molecule has 1 aliphatic rings. The van der Waals surface area contributed by atoms with Gasteiger partial charge in [-0.25, -0.2) is 0 Å². The second kappa shape index (κ2) is 6.53. The van der Waals surface area contributed by atoms with Gasteiger partial charge in [-0.2, -0.15) is 5.26 Å². The van der Waals surface area contributed by atoms with Crippen LogP contribution in [-0.4, -0.2) is 24.5 Å². The Morgan fingerprint density at radius 3 is 2.74 bits per heavy atom. The van der Waals surface area contributed by atoms with Gasteiger partial charge in [0, 0.05) is 7.05 Å². The van der Waals surface area contributed by atoms with Gasteiger partial charge in [-0.05, 0) is 48.2 Å². The van der Waals surface area contributed by atoms with Crippen molar-refractivity contribution in [3.8, 4) is 11.8 Å². The second-order valence-corrected chi connectivity index (χ2v) is 5.68. The summed E-state index contributed by atoms with van der Waals surface area (Å²) in [5.74, 6) is 0.550. The Bertz CT molecular complexity index is 747. The van der Waals surface area contributed by atoms with Crippen molar-refractivity contribution < 1.29 is 9.53 Å². The summed E-state index contributed by atoms with van der Waals surface area (Å²) in [6.45, 7) is 0.00106. The zero-order valence-electron chi connectivity index (χ0n) is 13.0. The maximum absolute atomic E-state index is 12.4. The van der Waals surface area contributed by atoms with E-state index in [0.717, 1.165) is 12.8 Å². The van der Waals surface area contributed by atoms with Crippen LogP contribution in [0.25, 0.3) is 0 Å². The van der Waals surface area contributed by atoms with Crippen LogP contribution in [0.1, 0.15) is 29.2 Å². The van der Waals surface area contributed by atoms with Gasteiger partial charge < -0.3 is 9.64 Å². The van der Waals surface area contributed by atoms with Gasteiger partial charge in [0.05, 0.1) is 17.7 Å². The third kappa shape index (κ3) is 3.19. The highest BCUT2D eigenvalue weighted by Crippen LogP contribution is 2.34. The Morgan fingerprint density at radius 1 is 1.26 bits per heavy atom. The average Bonchev–Trinajstić information content (AvgIpc) is 3.03. The molecule has 4 nitrogen and oxygen atoms in total. The smallest absolute Gasteiger partial charge is 0.260 e. The van der Waals surface area contributed by atoms with Crippen molar-refractivity contribution in [1.82, 2.24) is 4.90 Å². The molecule has 1 unspecified atom stereocenters. The van der Waals surface area contributed by atoms with Crippen LogP contribution < -0.4 is 4.74 Å². The molecule has 23 heavy (non-hydrogen) atoms. The normalized spacial score (nSPS) is 15.6. The number of hydrogen-bond donors (Lipinski definition) is 0. The van der Waals surface area contributed by atoms with Crippen LogP contribution in [-0.2, 0) is 11.2 Å². The number of likely N-dealkylation sites (N-methyl/N-ethyl adjacent to an activating group) is 1. The number of aryl methyl sites for hydroxylation is 1. The summed E-state index contributed by atoms with van der Waals surface area (Å²) in [7, 11) is 1.83. The SMILES string of the molecule is CN(C(=O)COc1ccc(C#N)cc1)C1CCc2ccccc21. The minimum absolute atomic E-state index is 0.00106.